The Labute approximate surface area is 170 Å². The third-order valence-corrected chi connectivity index (χ3v) is 4.11. The van der Waals surface area contributed by atoms with E-state index in [9.17, 15) is 28.1 Å². The molecule has 0 radical (unpaired) electrons. The smallest absolute Gasteiger partial charge is 0.416 e. The SMILES string of the molecule is CNC(=O)N=C(OC)c1cc(Oc2ccc(C(F)(F)F)cc2Br)ccc1[N+](=O)[O-]. The van der Waals surface area contributed by atoms with Gasteiger partial charge < -0.3 is 14.8 Å². The van der Waals surface area contributed by atoms with Gasteiger partial charge in [-0.05, 0) is 40.2 Å². The van der Waals surface area contributed by atoms with E-state index in [0.29, 0.717) is 0 Å². The summed E-state index contributed by atoms with van der Waals surface area (Å²) >= 11 is 3.00. The van der Waals surface area contributed by atoms with Gasteiger partial charge in [-0.1, -0.05) is 0 Å². The van der Waals surface area contributed by atoms with Crippen molar-refractivity contribution in [3.63, 3.8) is 0 Å². The number of hydrogen-bond acceptors (Lipinski definition) is 5. The van der Waals surface area contributed by atoms with Crippen LogP contribution in [0.1, 0.15) is 11.1 Å². The highest BCUT2D eigenvalue weighted by molar-refractivity contribution is 9.10. The minimum atomic E-state index is -4.52. The molecule has 154 valence electrons. The first kappa shape index (κ1) is 22.1. The average molecular weight is 476 g/mol. The van der Waals surface area contributed by atoms with E-state index in [4.69, 9.17) is 9.47 Å². The molecule has 2 amide bonds. The molecule has 0 bridgehead atoms. The molecule has 0 saturated carbocycles. The zero-order chi connectivity index (χ0) is 21.8. The van der Waals surface area contributed by atoms with E-state index >= 15 is 0 Å². The van der Waals surface area contributed by atoms with E-state index in [1.54, 1.807) is 0 Å². The van der Waals surface area contributed by atoms with Crippen molar-refractivity contribution in [2.24, 2.45) is 4.99 Å². The number of ether oxygens (including phenoxy) is 2. The van der Waals surface area contributed by atoms with E-state index in [0.717, 1.165) is 24.3 Å². The van der Waals surface area contributed by atoms with Gasteiger partial charge in [0.2, 0.25) is 5.90 Å². The van der Waals surface area contributed by atoms with E-state index in [-0.39, 0.29) is 27.4 Å². The summed E-state index contributed by atoms with van der Waals surface area (Å²) in [5.74, 6) is -0.249. The van der Waals surface area contributed by atoms with Gasteiger partial charge in [-0.15, -0.1) is 0 Å². The maximum atomic E-state index is 12.8. The molecule has 12 heteroatoms. The predicted octanol–water partition coefficient (Wildman–Crippen LogP) is 4.90. The number of aliphatic imine (C=N–C) groups is 1. The number of amides is 2. The molecule has 0 aromatic heterocycles. The molecule has 8 nitrogen and oxygen atoms in total. The number of carbonyl (C=O) groups excluding carboxylic acids is 1. The molecule has 1 N–H and O–H groups in total. The lowest BCUT2D eigenvalue weighted by Crippen LogP contribution is -2.17. The number of methoxy groups -OCH3 is 1. The van der Waals surface area contributed by atoms with Crippen LogP contribution < -0.4 is 10.1 Å². The lowest BCUT2D eigenvalue weighted by molar-refractivity contribution is -0.385. The zero-order valence-electron chi connectivity index (χ0n) is 14.9. The van der Waals surface area contributed by atoms with E-state index in [2.05, 4.69) is 26.2 Å². The largest absolute Gasteiger partial charge is 0.480 e. The fourth-order valence-electron chi connectivity index (χ4n) is 2.16. The number of urea groups is 1. The molecule has 0 saturated heterocycles. The van der Waals surface area contributed by atoms with E-state index < -0.39 is 28.4 Å². The second kappa shape index (κ2) is 8.90. The molecular weight excluding hydrogens is 463 g/mol. The Morgan fingerprint density at radius 1 is 1.24 bits per heavy atom. The van der Waals surface area contributed by atoms with Crippen LogP contribution in [0.15, 0.2) is 45.9 Å². The second-order valence-corrected chi connectivity index (χ2v) is 6.21. The number of nitrogens with zero attached hydrogens (tertiary/aromatic N) is 2. The molecule has 2 aromatic rings. The Hall–Kier alpha value is -3.15. The van der Waals surface area contributed by atoms with Crippen LogP contribution >= 0.6 is 15.9 Å². The normalized spacial score (nSPS) is 11.7. The van der Waals surface area contributed by atoms with Crippen molar-refractivity contribution in [2.75, 3.05) is 14.2 Å². The van der Waals surface area contributed by atoms with E-state index in [1.165, 1.54) is 26.3 Å². The topological polar surface area (TPSA) is 103 Å². The highest BCUT2D eigenvalue weighted by atomic mass is 79.9. The van der Waals surface area contributed by atoms with Crippen LogP contribution in [0.4, 0.5) is 23.7 Å². The van der Waals surface area contributed by atoms with Gasteiger partial charge in [-0.25, -0.2) is 4.79 Å². The minimum absolute atomic E-state index is 0.0261. The van der Waals surface area contributed by atoms with Crippen molar-refractivity contribution in [1.29, 1.82) is 0 Å². The summed E-state index contributed by atoms with van der Waals surface area (Å²) < 4.78 is 48.9. The molecular formula is C17H13BrF3N3O5. The maximum absolute atomic E-state index is 12.8. The summed E-state index contributed by atoms with van der Waals surface area (Å²) in [6.45, 7) is 0. The Balaban J connectivity index is 2.47. The number of benzene rings is 2. The number of carbonyl (C=O) groups is 1. The first-order valence-corrected chi connectivity index (χ1v) is 8.54. The number of rotatable bonds is 4. The molecule has 0 spiro atoms. The number of halogens is 4. The van der Waals surface area contributed by atoms with Gasteiger partial charge in [0, 0.05) is 19.2 Å². The summed E-state index contributed by atoms with van der Waals surface area (Å²) in [6.07, 6.45) is -4.52. The number of hydrogen-bond donors (Lipinski definition) is 1. The lowest BCUT2D eigenvalue weighted by Gasteiger charge is -2.12. The third kappa shape index (κ3) is 5.44. The molecule has 0 fully saturated rings. The quantitative estimate of drug-likeness (QED) is 0.293. The van der Waals surface area contributed by atoms with Gasteiger partial charge in [0.05, 0.1) is 22.1 Å². The fourth-order valence-corrected chi connectivity index (χ4v) is 2.62. The molecule has 0 aliphatic carbocycles. The standard InChI is InChI=1S/C17H13BrF3N3O5/c1-22-16(25)23-15(28-2)11-8-10(4-5-13(11)24(26)27)29-14-6-3-9(7-12(14)18)17(19,20)21/h3-8H,1-2H3,(H,22,25). The van der Waals surface area contributed by atoms with Crippen molar-refractivity contribution < 1.29 is 32.4 Å². The lowest BCUT2D eigenvalue weighted by atomic mass is 10.1. The number of nitro benzene ring substituents is 1. The van der Waals surface area contributed by atoms with Crippen LogP contribution in [0.2, 0.25) is 0 Å². The molecule has 2 rings (SSSR count). The predicted molar refractivity (Wildman–Crippen MR) is 100 cm³/mol. The van der Waals surface area contributed by atoms with Crippen LogP contribution in [-0.2, 0) is 10.9 Å². The van der Waals surface area contributed by atoms with Crippen molar-refractivity contribution in [2.45, 2.75) is 6.18 Å². The Kier molecular flexibility index (Phi) is 6.80. The van der Waals surface area contributed by atoms with Crippen LogP contribution in [0, 0.1) is 10.1 Å². The van der Waals surface area contributed by atoms with Crippen LogP contribution in [0.3, 0.4) is 0 Å². The monoisotopic (exact) mass is 475 g/mol. The van der Waals surface area contributed by atoms with E-state index in [1.807, 2.05) is 0 Å². The molecule has 0 atom stereocenters. The Bertz CT molecular complexity index is 979. The van der Waals surface area contributed by atoms with Gasteiger partial charge in [0.1, 0.15) is 17.1 Å². The number of nitrogens with one attached hydrogen (secondary N) is 1. The molecule has 29 heavy (non-hydrogen) atoms. The molecule has 0 aliphatic heterocycles. The summed E-state index contributed by atoms with van der Waals surface area (Å²) in [7, 11) is 2.49. The van der Waals surface area contributed by atoms with Crippen molar-refractivity contribution in [1.82, 2.24) is 5.32 Å². The highest BCUT2D eigenvalue weighted by Gasteiger charge is 2.31. The summed E-state index contributed by atoms with van der Waals surface area (Å²) in [4.78, 5) is 25.7. The molecule has 2 aromatic carbocycles. The summed E-state index contributed by atoms with van der Waals surface area (Å²) in [5.41, 5.74) is -1.43. The number of alkyl halides is 3. The van der Waals surface area contributed by atoms with Crippen molar-refractivity contribution >= 4 is 33.5 Å². The third-order valence-electron chi connectivity index (χ3n) is 3.49. The van der Waals surface area contributed by atoms with Crippen LogP contribution in [0.25, 0.3) is 0 Å². The molecule has 0 unspecified atom stereocenters. The molecule has 0 aliphatic rings. The van der Waals surface area contributed by atoms with Crippen molar-refractivity contribution in [3.8, 4) is 11.5 Å². The fraction of sp³-hybridized carbons (Fsp3) is 0.176. The van der Waals surface area contributed by atoms with Crippen molar-refractivity contribution in [3.05, 3.63) is 62.1 Å². The van der Waals surface area contributed by atoms with Gasteiger partial charge in [-0.3, -0.25) is 10.1 Å². The first-order chi connectivity index (χ1) is 13.6. The average Bonchev–Trinajstić information content (AvgIpc) is 2.66. The van der Waals surface area contributed by atoms with Gasteiger partial charge in [-0.2, -0.15) is 18.2 Å². The second-order valence-electron chi connectivity index (χ2n) is 5.36. The summed E-state index contributed by atoms with van der Waals surface area (Å²) in [5, 5.41) is 13.5. The first-order valence-electron chi connectivity index (χ1n) is 7.74. The summed E-state index contributed by atoms with van der Waals surface area (Å²) in [6, 6.07) is 5.51. The highest BCUT2D eigenvalue weighted by Crippen LogP contribution is 2.37. The van der Waals surface area contributed by atoms with Gasteiger partial charge in [0.25, 0.3) is 5.69 Å². The maximum Gasteiger partial charge on any atom is 0.416 e. The van der Waals surface area contributed by atoms with Gasteiger partial charge >= 0.3 is 12.2 Å². The van der Waals surface area contributed by atoms with Crippen LogP contribution in [0.5, 0.6) is 11.5 Å². The Morgan fingerprint density at radius 3 is 2.45 bits per heavy atom. The molecule has 0 heterocycles. The van der Waals surface area contributed by atoms with Gasteiger partial charge in [0.15, 0.2) is 0 Å². The Morgan fingerprint density at radius 2 is 1.93 bits per heavy atom. The minimum Gasteiger partial charge on any atom is -0.480 e. The zero-order valence-corrected chi connectivity index (χ0v) is 16.5. The number of nitro groups is 1. The van der Waals surface area contributed by atoms with Crippen LogP contribution in [-0.4, -0.2) is 31.0 Å².